The van der Waals surface area contributed by atoms with Crippen molar-refractivity contribution in [3.63, 3.8) is 0 Å². The molecule has 0 aromatic carbocycles. The molecule has 86 valence electrons. The van der Waals surface area contributed by atoms with Gasteiger partial charge >= 0.3 is 5.97 Å². The lowest BCUT2D eigenvalue weighted by Gasteiger charge is -2.36. The average molecular weight is 212 g/mol. The fraction of sp³-hybridized carbons (Fsp3) is 0.909. The molecule has 2 aliphatic heterocycles. The first-order valence-corrected chi connectivity index (χ1v) is 5.94. The van der Waals surface area contributed by atoms with Crippen LogP contribution in [-0.4, -0.2) is 36.8 Å². The average Bonchev–Trinajstić information content (AvgIpc) is 2.30. The molecule has 3 atom stereocenters. The van der Waals surface area contributed by atoms with Gasteiger partial charge in [0.2, 0.25) is 0 Å². The molecule has 2 saturated heterocycles. The Hall–Kier alpha value is -0.610. The maximum atomic E-state index is 10.9. The van der Waals surface area contributed by atoms with Crippen LogP contribution in [0.1, 0.15) is 25.7 Å². The van der Waals surface area contributed by atoms with E-state index < -0.39 is 5.97 Å². The summed E-state index contributed by atoms with van der Waals surface area (Å²) in [5.74, 6) is -0.121. The van der Waals surface area contributed by atoms with E-state index in [0.29, 0.717) is 12.0 Å². The van der Waals surface area contributed by atoms with Crippen molar-refractivity contribution in [2.75, 3.05) is 19.6 Å². The Balaban J connectivity index is 1.88. The Morgan fingerprint density at radius 2 is 2.13 bits per heavy atom. The Labute approximate surface area is 90.4 Å². The number of carbonyl (C=O) groups is 1. The third kappa shape index (κ3) is 2.69. The van der Waals surface area contributed by atoms with Gasteiger partial charge in [0.1, 0.15) is 0 Å². The predicted octanol–water partition coefficient (Wildman–Crippen LogP) is 0.439. The summed E-state index contributed by atoms with van der Waals surface area (Å²) in [6.45, 7) is 3.02. The van der Waals surface area contributed by atoms with Crippen molar-refractivity contribution in [2.45, 2.75) is 31.7 Å². The van der Waals surface area contributed by atoms with Gasteiger partial charge in [-0.2, -0.15) is 0 Å². The van der Waals surface area contributed by atoms with E-state index >= 15 is 0 Å². The molecule has 3 unspecified atom stereocenters. The van der Waals surface area contributed by atoms with Gasteiger partial charge in [0.25, 0.3) is 0 Å². The molecule has 3 N–H and O–H groups in total. The zero-order chi connectivity index (χ0) is 10.7. The Morgan fingerprint density at radius 3 is 2.80 bits per heavy atom. The van der Waals surface area contributed by atoms with Crippen molar-refractivity contribution in [1.29, 1.82) is 0 Å². The lowest BCUT2D eigenvalue weighted by Crippen LogP contribution is -2.49. The van der Waals surface area contributed by atoms with Crippen LogP contribution >= 0.6 is 0 Å². The maximum Gasteiger partial charge on any atom is 0.306 e. The fourth-order valence-electron chi connectivity index (χ4n) is 2.76. The molecule has 2 heterocycles. The minimum atomic E-state index is -0.620. The van der Waals surface area contributed by atoms with Gasteiger partial charge in [0.05, 0.1) is 5.92 Å². The van der Waals surface area contributed by atoms with Crippen molar-refractivity contribution < 1.29 is 9.90 Å². The summed E-state index contributed by atoms with van der Waals surface area (Å²) in [6, 6.07) is 0.410. The zero-order valence-electron chi connectivity index (χ0n) is 9.04. The summed E-state index contributed by atoms with van der Waals surface area (Å²) in [7, 11) is 0. The monoisotopic (exact) mass is 212 g/mol. The number of hydrogen-bond acceptors (Lipinski definition) is 3. The minimum Gasteiger partial charge on any atom is -0.481 e. The number of nitrogens with one attached hydrogen (secondary N) is 2. The van der Waals surface area contributed by atoms with E-state index in [9.17, 15) is 4.79 Å². The first kappa shape index (κ1) is 10.9. The van der Waals surface area contributed by atoms with Crippen LogP contribution in [0.2, 0.25) is 0 Å². The lowest BCUT2D eigenvalue weighted by molar-refractivity contribution is -0.143. The zero-order valence-corrected chi connectivity index (χ0v) is 9.04. The molecule has 2 aliphatic rings. The lowest BCUT2D eigenvalue weighted by atomic mass is 9.82. The number of carboxylic acid groups (broad SMARTS) is 1. The molecule has 2 fully saturated rings. The summed E-state index contributed by atoms with van der Waals surface area (Å²) in [6.07, 6.45) is 4.05. The van der Waals surface area contributed by atoms with Gasteiger partial charge in [0.15, 0.2) is 0 Å². The third-order valence-corrected chi connectivity index (χ3v) is 3.69. The molecule has 2 rings (SSSR count). The fourth-order valence-corrected chi connectivity index (χ4v) is 2.76. The topological polar surface area (TPSA) is 61.4 Å². The van der Waals surface area contributed by atoms with Crippen LogP contribution in [0.15, 0.2) is 0 Å². The van der Waals surface area contributed by atoms with E-state index in [0.717, 1.165) is 32.5 Å². The number of rotatable bonds is 2. The van der Waals surface area contributed by atoms with Crippen LogP contribution in [0.3, 0.4) is 0 Å². The van der Waals surface area contributed by atoms with Gasteiger partial charge < -0.3 is 15.7 Å². The second kappa shape index (κ2) is 4.94. The number of carboxylic acids is 1. The molecule has 4 heteroatoms. The van der Waals surface area contributed by atoms with Crippen LogP contribution in [-0.2, 0) is 4.79 Å². The van der Waals surface area contributed by atoms with Crippen molar-refractivity contribution in [3.8, 4) is 0 Å². The normalized spacial score (nSPS) is 37.5. The quantitative estimate of drug-likeness (QED) is 0.621. The number of piperidine rings is 2. The van der Waals surface area contributed by atoms with Crippen LogP contribution in [0.25, 0.3) is 0 Å². The molecule has 0 spiro atoms. The highest BCUT2D eigenvalue weighted by atomic mass is 16.4. The van der Waals surface area contributed by atoms with E-state index in [1.807, 2.05) is 0 Å². The molecule has 0 aromatic rings. The van der Waals surface area contributed by atoms with Crippen molar-refractivity contribution >= 4 is 5.97 Å². The molecule has 0 bridgehead atoms. The molecule has 15 heavy (non-hydrogen) atoms. The Bertz CT molecular complexity index is 227. The van der Waals surface area contributed by atoms with Crippen LogP contribution in [0.5, 0.6) is 0 Å². The molecule has 0 saturated carbocycles. The largest absolute Gasteiger partial charge is 0.481 e. The van der Waals surface area contributed by atoms with Crippen LogP contribution < -0.4 is 10.6 Å². The maximum absolute atomic E-state index is 10.9. The Morgan fingerprint density at radius 1 is 1.27 bits per heavy atom. The molecule has 4 nitrogen and oxygen atoms in total. The van der Waals surface area contributed by atoms with Crippen molar-refractivity contribution in [3.05, 3.63) is 0 Å². The SMILES string of the molecule is O=C(O)C1CCNC(C2CCCNC2)C1. The smallest absolute Gasteiger partial charge is 0.306 e. The van der Waals surface area contributed by atoms with E-state index in [1.165, 1.54) is 12.8 Å². The van der Waals surface area contributed by atoms with Gasteiger partial charge in [-0.1, -0.05) is 0 Å². The number of aliphatic carboxylic acids is 1. The van der Waals surface area contributed by atoms with E-state index in [1.54, 1.807) is 0 Å². The highest BCUT2D eigenvalue weighted by Crippen LogP contribution is 2.24. The minimum absolute atomic E-state index is 0.127. The van der Waals surface area contributed by atoms with Crippen LogP contribution in [0.4, 0.5) is 0 Å². The highest BCUT2D eigenvalue weighted by Gasteiger charge is 2.31. The van der Waals surface area contributed by atoms with Gasteiger partial charge in [-0.3, -0.25) is 4.79 Å². The van der Waals surface area contributed by atoms with Gasteiger partial charge in [0, 0.05) is 6.04 Å². The van der Waals surface area contributed by atoms with Gasteiger partial charge in [-0.15, -0.1) is 0 Å². The van der Waals surface area contributed by atoms with Crippen LogP contribution in [0, 0.1) is 11.8 Å². The third-order valence-electron chi connectivity index (χ3n) is 3.69. The summed E-state index contributed by atoms with van der Waals surface area (Å²) < 4.78 is 0. The van der Waals surface area contributed by atoms with E-state index in [4.69, 9.17) is 5.11 Å². The summed E-state index contributed by atoms with van der Waals surface area (Å²) in [5.41, 5.74) is 0. The molecule has 0 aliphatic carbocycles. The second-order valence-electron chi connectivity index (χ2n) is 4.73. The van der Waals surface area contributed by atoms with Crippen molar-refractivity contribution in [2.24, 2.45) is 11.8 Å². The predicted molar refractivity (Wildman–Crippen MR) is 57.7 cm³/mol. The molecule has 0 amide bonds. The Kier molecular flexibility index (Phi) is 3.59. The highest BCUT2D eigenvalue weighted by molar-refractivity contribution is 5.70. The van der Waals surface area contributed by atoms with E-state index in [-0.39, 0.29) is 5.92 Å². The molecular weight excluding hydrogens is 192 g/mol. The summed E-state index contributed by atoms with van der Waals surface area (Å²) in [5, 5.41) is 15.9. The standard InChI is InChI=1S/C11H20N2O2/c14-11(15)8-3-5-13-10(6-8)9-2-1-4-12-7-9/h8-10,12-13H,1-7H2,(H,14,15). The number of hydrogen-bond donors (Lipinski definition) is 3. The first-order chi connectivity index (χ1) is 7.27. The molecule has 0 aromatic heterocycles. The van der Waals surface area contributed by atoms with E-state index in [2.05, 4.69) is 10.6 Å². The first-order valence-electron chi connectivity index (χ1n) is 5.94. The van der Waals surface area contributed by atoms with Gasteiger partial charge in [-0.05, 0) is 51.2 Å². The van der Waals surface area contributed by atoms with Gasteiger partial charge in [-0.25, -0.2) is 0 Å². The summed E-state index contributed by atoms with van der Waals surface area (Å²) >= 11 is 0. The van der Waals surface area contributed by atoms with Crippen molar-refractivity contribution in [1.82, 2.24) is 10.6 Å². The molecular formula is C11H20N2O2. The summed E-state index contributed by atoms with van der Waals surface area (Å²) in [4.78, 5) is 10.9. The second-order valence-corrected chi connectivity index (χ2v) is 4.73. The molecule has 0 radical (unpaired) electrons.